The summed E-state index contributed by atoms with van der Waals surface area (Å²) in [6, 6.07) is 1.94. The lowest BCUT2D eigenvalue weighted by atomic mass is 10.1. The standard InChI is InChI=1S/C11H13N3O2/c1-7-3-10(16-2)9(4-12-6-15)11-8(7)5-13-14-11/h3,5-6H,4H2,1-2H3,(H,12,15)(H,13,14). The van der Waals surface area contributed by atoms with Crippen molar-refractivity contribution in [2.75, 3.05) is 7.11 Å². The fraction of sp³-hybridized carbons (Fsp3) is 0.273. The number of methoxy groups -OCH3 is 1. The molecule has 0 radical (unpaired) electrons. The van der Waals surface area contributed by atoms with E-state index in [1.54, 1.807) is 13.3 Å². The summed E-state index contributed by atoms with van der Waals surface area (Å²) in [5, 5.41) is 10.6. The van der Waals surface area contributed by atoms with Gasteiger partial charge in [-0.05, 0) is 18.6 Å². The maximum absolute atomic E-state index is 10.3. The van der Waals surface area contributed by atoms with Crippen molar-refractivity contribution in [1.82, 2.24) is 15.5 Å². The molecule has 2 aromatic rings. The molecule has 0 spiro atoms. The Morgan fingerprint density at radius 2 is 2.44 bits per heavy atom. The minimum absolute atomic E-state index is 0.422. The number of hydrogen-bond acceptors (Lipinski definition) is 3. The van der Waals surface area contributed by atoms with Crippen LogP contribution in [0.4, 0.5) is 0 Å². The Labute approximate surface area is 92.8 Å². The molecule has 5 heteroatoms. The number of hydrogen-bond donors (Lipinski definition) is 2. The number of aromatic nitrogens is 2. The third-order valence-corrected chi connectivity index (χ3v) is 2.59. The maximum Gasteiger partial charge on any atom is 0.207 e. The molecule has 0 aliphatic heterocycles. The van der Waals surface area contributed by atoms with Crippen LogP contribution in [-0.4, -0.2) is 23.7 Å². The zero-order valence-electron chi connectivity index (χ0n) is 9.20. The van der Waals surface area contributed by atoms with Gasteiger partial charge in [0.2, 0.25) is 6.41 Å². The monoisotopic (exact) mass is 219 g/mol. The highest BCUT2D eigenvalue weighted by Crippen LogP contribution is 2.29. The molecule has 1 heterocycles. The quantitative estimate of drug-likeness (QED) is 0.757. The van der Waals surface area contributed by atoms with Crippen LogP contribution in [0.15, 0.2) is 12.3 Å². The number of H-pyrrole nitrogens is 1. The Morgan fingerprint density at radius 1 is 1.62 bits per heavy atom. The lowest BCUT2D eigenvalue weighted by Crippen LogP contribution is -2.11. The molecule has 2 N–H and O–H groups in total. The average Bonchev–Trinajstić information content (AvgIpc) is 2.77. The van der Waals surface area contributed by atoms with Crippen molar-refractivity contribution in [3.05, 3.63) is 23.4 Å². The number of amides is 1. The van der Waals surface area contributed by atoms with Crippen molar-refractivity contribution in [3.8, 4) is 5.75 Å². The molecule has 0 saturated heterocycles. The molecular weight excluding hydrogens is 206 g/mol. The number of fused-ring (bicyclic) bond motifs is 1. The molecule has 5 nitrogen and oxygen atoms in total. The van der Waals surface area contributed by atoms with Gasteiger partial charge in [0.1, 0.15) is 5.75 Å². The number of nitrogens with one attached hydrogen (secondary N) is 2. The molecule has 0 saturated carbocycles. The first-order valence-electron chi connectivity index (χ1n) is 4.94. The second kappa shape index (κ2) is 4.22. The van der Waals surface area contributed by atoms with Crippen molar-refractivity contribution in [3.63, 3.8) is 0 Å². The Morgan fingerprint density at radius 3 is 3.12 bits per heavy atom. The van der Waals surface area contributed by atoms with E-state index in [0.717, 1.165) is 27.8 Å². The molecule has 1 aromatic heterocycles. The van der Waals surface area contributed by atoms with E-state index in [9.17, 15) is 4.79 Å². The van der Waals surface area contributed by atoms with Crippen LogP contribution in [-0.2, 0) is 11.3 Å². The molecule has 16 heavy (non-hydrogen) atoms. The van der Waals surface area contributed by atoms with E-state index in [-0.39, 0.29) is 0 Å². The fourth-order valence-corrected chi connectivity index (χ4v) is 1.80. The second-order valence-corrected chi connectivity index (χ2v) is 3.53. The summed E-state index contributed by atoms with van der Waals surface area (Å²) >= 11 is 0. The first-order valence-corrected chi connectivity index (χ1v) is 4.94. The predicted molar refractivity (Wildman–Crippen MR) is 60.3 cm³/mol. The van der Waals surface area contributed by atoms with Crippen molar-refractivity contribution >= 4 is 17.3 Å². The average molecular weight is 219 g/mol. The first kappa shape index (κ1) is 10.5. The molecule has 0 aliphatic rings. The van der Waals surface area contributed by atoms with Crippen molar-refractivity contribution in [1.29, 1.82) is 0 Å². The normalized spacial score (nSPS) is 10.4. The Balaban J connectivity index is 2.61. The number of ether oxygens (including phenoxy) is 1. The molecule has 2 rings (SSSR count). The van der Waals surface area contributed by atoms with Crippen LogP contribution >= 0.6 is 0 Å². The molecule has 84 valence electrons. The smallest absolute Gasteiger partial charge is 0.207 e. The SMILES string of the molecule is COc1cc(C)c2cn[nH]c2c1CNC=O. The van der Waals surface area contributed by atoms with Gasteiger partial charge in [0.15, 0.2) is 0 Å². The highest BCUT2D eigenvalue weighted by molar-refractivity contribution is 5.87. The zero-order chi connectivity index (χ0) is 11.5. The summed E-state index contributed by atoms with van der Waals surface area (Å²) in [6.07, 6.45) is 2.44. The first-order chi connectivity index (χ1) is 7.77. The molecule has 1 aromatic carbocycles. The third kappa shape index (κ3) is 1.60. The van der Waals surface area contributed by atoms with E-state index in [1.807, 2.05) is 13.0 Å². The van der Waals surface area contributed by atoms with E-state index in [0.29, 0.717) is 13.0 Å². The van der Waals surface area contributed by atoms with Crippen LogP contribution in [0.3, 0.4) is 0 Å². The van der Waals surface area contributed by atoms with Gasteiger partial charge in [-0.3, -0.25) is 9.89 Å². The molecule has 0 fully saturated rings. The Hall–Kier alpha value is -2.04. The summed E-state index contributed by atoms with van der Waals surface area (Å²) in [5.74, 6) is 0.753. The summed E-state index contributed by atoms with van der Waals surface area (Å²) < 4.78 is 5.30. The van der Waals surface area contributed by atoms with Gasteiger partial charge >= 0.3 is 0 Å². The largest absolute Gasteiger partial charge is 0.496 e. The van der Waals surface area contributed by atoms with E-state index >= 15 is 0 Å². The molecule has 1 amide bonds. The zero-order valence-corrected chi connectivity index (χ0v) is 9.20. The number of aryl methyl sites for hydroxylation is 1. The molecule has 0 aliphatic carbocycles. The minimum Gasteiger partial charge on any atom is -0.496 e. The van der Waals surface area contributed by atoms with E-state index in [2.05, 4.69) is 15.5 Å². The van der Waals surface area contributed by atoms with Gasteiger partial charge in [0.25, 0.3) is 0 Å². The Bertz CT molecular complexity index is 519. The van der Waals surface area contributed by atoms with Gasteiger partial charge in [-0.2, -0.15) is 5.10 Å². The van der Waals surface area contributed by atoms with Gasteiger partial charge in [-0.1, -0.05) is 0 Å². The van der Waals surface area contributed by atoms with Crippen molar-refractivity contribution in [2.24, 2.45) is 0 Å². The van der Waals surface area contributed by atoms with Crippen LogP contribution in [0.25, 0.3) is 10.9 Å². The molecule has 0 unspecified atom stereocenters. The van der Waals surface area contributed by atoms with E-state index < -0.39 is 0 Å². The fourth-order valence-electron chi connectivity index (χ4n) is 1.80. The summed E-state index contributed by atoms with van der Waals surface area (Å²) in [7, 11) is 1.61. The van der Waals surface area contributed by atoms with Gasteiger partial charge in [0.05, 0.1) is 18.8 Å². The number of aromatic amines is 1. The van der Waals surface area contributed by atoms with Crippen LogP contribution in [0.5, 0.6) is 5.75 Å². The van der Waals surface area contributed by atoms with Crippen LogP contribution < -0.4 is 10.1 Å². The maximum atomic E-state index is 10.3. The molecular formula is C11H13N3O2. The van der Waals surface area contributed by atoms with Crippen LogP contribution in [0.2, 0.25) is 0 Å². The van der Waals surface area contributed by atoms with Gasteiger partial charge in [0, 0.05) is 17.5 Å². The number of nitrogens with zero attached hydrogens (tertiary/aromatic N) is 1. The van der Waals surface area contributed by atoms with Crippen molar-refractivity contribution in [2.45, 2.75) is 13.5 Å². The topological polar surface area (TPSA) is 67.0 Å². The summed E-state index contributed by atoms with van der Waals surface area (Å²) in [6.45, 7) is 2.42. The van der Waals surface area contributed by atoms with Crippen molar-refractivity contribution < 1.29 is 9.53 Å². The summed E-state index contributed by atoms with van der Waals surface area (Å²) in [4.78, 5) is 10.3. The lowest BCUT2D eigenvalue weighted by Gasteiger charge is -2.10. The third-order valence-electron chi connectivity index (χ3n) is 2.59. The minimum atomic E-state index is 0.422. The van der Waals surface area contributed by atoms with Crippen LogP contribution in [0.1, 0.15) is 11.1 Å². The summed E-state index contributed by atoms with van der Waals surface area (Å²) in [5.41, 5.74) is 2.91. The molecule has 0 bridgehead atoms. The highest BCUT2D eigenvalue weighted by Gasteiger charge is 2.11. The second-order valence-electron chi connectivity index (χ2n) is 3.53. The molecule has 0 atom stereocenters. The van der Waals surface area contributed by atoms with Crippen LogP contribution in [0, 0.1) is 6.92 Å². The van der Waals surface area contributed by atoms with Gasteiger partial charge in [-0.15, -0.1) is 0 Å². The Kier molecular flexibility index (Phi) is 2.76. The number of rotatable bonds is 4. The number of carbonyl (C=O) groups excluding carboxylic acids is 1. The van der Waals surface area contributed by atoms with E-state index in [4.69, 9.17) is 4.74 Å². The van der Waals surface area contributed by atoms with E-state index in [1.165, 1.54) is 0 Å². The lowest BCUT2D eigenvalue weighted by molar-refractivity contribution is -0.109. The van der Waals surface area contributed by atoms with Gasteiger partial charge < -0.3 is 10.1 Å². The number of benzene rings is 1. The predicted octanol–water partition coefficient (Wildman–Crippen LogP) is 1.13. The van der Waals surface area contributed by atoms with Gasteiger partial charge in [-0.25, -0.2) is 0 Å². The highest BCUT2D eigenvalue weighted by atomic mass is 16.5. The number of carbonyl (C=O) groups is 1.